The van der Waals surface area contributed by atoms with Gasteiger partial charge in [-0.3, -0.25) is 0 Å². The molecule has 5 heteroatoms. The van der Waals surface area contributed by atoms with E-state index in [4.69, 9.17) is 10.5 Å². The number of aromatic nitrogens is 2. The first kappa shape index (κ1) is 15.9. The number of hydrogen-bond acceptors (Lipinski definition) is 4. The van der Waals surface area contributed by atoms with Gasteiger partial charge in [0, 0.05) is 29.4 Å². The Bertz CT molecular complexity index is 631. The minimum atomic E-state index is 0.134. The van der Waals surface area contributed by atoms with Crippen molar-refractivity contribution in [3.8, 4) is 17.1 Å². The maximum absolute atomic E-state index is 6.02. The van der Waals surface area contributed by atoms with Crippen LogP contribution in [0.15, 0.2) is 28.7 Å². The summed E-state index contributed by atoms with van der Waals surface area (Å²) in [5.74, 6) is 1.51. The molecule has 0 saturated heterocycles. The number of nitrogens with zero attached hydrogens (tertiary/aromatic N) is 2. The lowest BCUT2D eigenvalue weighted by atomic mass is 10.1. The normalized spacial score (nSPS) is 12.2. The van der Waals surface area contributed by atoms with E-state index in [1.54, 1.807) is 7.11 Å². The van der Waals surface area contributed by atoms with Gasteiger partial charge >= 0.3 is 0 Å². The molecule has 0 amide bonds. The van der Waals surface area contributed by atoms with Crippen molar-refractivity contribution in [3.63, 3.8) is 0 Å². The number of aryl methyl sites for hydroxylation is 1. The highest BCUT2D eigenvalue weighted by Crippen LogP contribution is 2.29. The van der Waals surface area contributed by atoms with Crippen molar-refractivity contribution in [1.29, 1.82) is 0 Å². The van der Waals surface area contributed by atoms with Crippen LogP contribution in [0, 0.1) is 6.92 Å². The largest absolute Gasteiger partial charge is 0.496 e. The van der Waals surface area contributed by atoms with E-state index in [1.807, 2.05) is 31.2 Å². The minimum Gasteiger partial charge on any atom is -0.496 e. The lowest BCUT2D eigenvalue weighted by Gasteiger charge is -2.11. The zero-order chi connectivity index (χ0) is 15.4. The SMILES string of the molecule is CCC(N)Cc1cc(C)nc(-c2ccc(OC)c(Br)c2)n1. The Morgan fingerprint density at radius 1 is 1.29 bits per heavy atom. The van der Waals surface area contributed by atoms with Crippen LogP contribution in [0.2, 0.25) is 0 Å². The minimum absolute atomic E-state index is 0.134. The number of nitrogens with two attached hydrogens (primary N) is 1. The highest BCUT2D eigenvalue weighted by molar-refractivity contribution is 9.10. The van der Waals surface area contributed by atoms with Crippen LogP contribution in [-0.4, -0.2) is 23.1 Å². The summed E-state index contributed by atoms with van der Waals surface area (Å²) in [5, 5.41) is 0. The summed E-state index contributed by atoms with van der Waals surface area (Å²) in [7, 11) is 1.65. The molecule has 1 unspecified atom stereocenters. The van der Waals surface area contributed by atoms with Crippen LogP contribution in [0.25, 0.3) is 11.4 Å². The second-order valence-electron chi connectivity index (χ2n) is 5.05. The Morgan fingerprint density at radius 2 is 2.05 bits per heavy atom. The van der Waals surface area contributed by atoms with Crippen LogP contribution in [0.4, 0.5) is 0 Å². The number of ether oxygens (including phenoxy) is 1. The molecule has 0 radical (unpaired) electrons. The predicted octanol–water partition coefficient (Wildman–Crippen LogP) is 3.50. The fraction of sp³-hybridized carbons (Fsp3) is 0.375. The molecule has 2 rings (SSSR count). The molecule has 1 aromatic carbocycles. The van der Waals surface area contributed by atoms with Crippen molar-refractivity contribution in [2.24, 2.45) is 5.73 Å². The summed E-state index contributed by atoms with van der Waals surface area (Å²) in [6, 6.07) is 7.97. The van der Waals surface area contributed by atoms with Gasteiger partial charge in [0.15, 0.2) is 5.82 Å². The highest BCUT2D eigenvalue weighted by Gasteiger charge is 2.10. The molecule has 0 fully saturated rings. The summed E-state index contributed by atoms with van der Waals surface area (Å²) in [4.78, 5) is 9.16. The molecule has 0 spiro atoms. The first-order valence-electron chi connectivity index (χ1n) is 6.97. The smallest absolute Gasteiger partial charge is 0.159 e. The summed E-state index contributed by atoms with van der Waals surface area (Å²) >= 11 is 3.49. The summed E-state index contributed by atoms with van der Waals surface area (Å²) in [5.41, 5.74) is 8.91. The summed E-state index contributed by atoms with van der Waals surface area (Å²) in [6.07, 6.45) is 1.71. The molecular formula is C16H20BrN3O. The third kappa shape index (κ3) is 4.02. The molecular weight excluding hydrogens is 330 g/mol. The van der Waals surface area contributed by atoms with E-state index in [0.717, 1.165) is 45.8 Å². The van der Waals surface area contributed by atoms with Crippen molar-refractivity contribution < 1.29 is 4.74 Å². The van der Waals surface area contributed by atoms with Gasteiger partial charge in [-0.2, -0.15) is 0 Å². The average molecular weight is 350 g/mol. The molecule has 21 heavy (non-hydrogen) atoms. The quantitative estimate of drug-likeness (QED) is 0.897. The topological polar surface area (TPSA) is 61.0 Å². The molecule has 1 aromatic heterocycles. The van der Waals surface area contributed by atoms with E-state index in [9.17, 15) is 0 Å². The van der Waals surface area contributed by atoms with Crippen LogP contribution in [0.1, 0.15) is 24.7 Å². The fourth-order valence-electron chi connectivity index (χ4n) is 2.09. The van der Waals surface area contributed by atoms with Gasteiger partial charge in [-0.25, -0.2) is 9.97 Å². The van der Waals surface area contributed by atoms with Gasteiger partial charge in [0.05, 0.1) is 11.6 Å². The van der Waals surface area contributed by atoms with Gasteiger partial charge in [0.2, 0.25) is 0 Å². The Balaban J connectivity index is 2.37. The molecule has 0 saturated carbocycles. The molecule has 2 N–H and O–H groups in total. The number of rotatable bonds is 5. The molecule has 0 bridgehead atoms. The van der Waals surface area contributed by atoms with E-state index in [2.05, 4.69) is 32.8 Å². The first-order chi connectivity index (χ1) is 10.0. The zero-order valence-electron chi connectivity index (χ0n) is 12.6. The number of benzene rings is 1. The maximum atomic E-state index is 6.02. The lowest BCUT2D eigenvalue weighted by Crippen LogP contribution is -2.22. The van der Waals surface area contributed by atoms with Gasteiger partial charge in [0.25, 0.3) is 0 Å². The number of halogens is 1. The zero-order valence-corrected chi connectivity index (χ0v) is 14.1. The van der Waals surface area contributed by atoms with Crippen molar-refractivity contribution >= 4 is 15.9 Å². The second kappa shape index (κ2) is 7.00. The standard InChI is InChI=1S/C16H20BrN3O/c1-4-12(18)9-13-7-10(2)19-16(20-13)11-5-6-15(21-3)14(17)8-11/h5-8,12H,4,9,18H2,1-3H3. The molecule has 0 aliphatic carbocycles. The average Bonchev–Trinajstić information content (AvgIpc) is 2.46. The van der Waals surface area contributed by atoms with Gasteiger partial charge < -0.3 is 10.5 Å². The third-order valence-corrected chi connectivity index (χ3v) is 3.93. The van der Waals surface area contributed by atoms with Gasteiger partial charge in [-0.1, -0.05) is 6.92 Å². The van der Waals surface area contributed by atoms with Crippen molar-refractivity contribution in [1.82, 2.24) is 9.97 Å². The monoisotopic (exact) mass is 349 g/mol. The highest BCUT2D eigenvalue weighted by atomic mass is 79.9. The van der Waals surface area contributed by atoms with Gasteiger partial charge in [-0.15, -0.1) is 0 Å². The Morgan fingerprint density at radius 3 is 2.67 bits per heavy atom. The third-order valence-electron chi connectivity index (χ3n) is 3.31. The van der Waals surface area contributed by atoms with E-state index in [1.165, 1.54) is 0 Å². The molecule has 4 nitrogen and oxygen atoms in total. The van der Waals surface area contributed by atoms with Gasteiger partial charge in [-0.05, 0) is 53.5 Å². The molecule has 112 valence electrons. The first-order valence-corrected chi connectivity index (χ1v) is 7.76. The van der Waals surface area contributed by atoms with E-state index in [-0.39, 0.29) is 6.04 Å². The van der Waals surface area contributed by atoms with Crippen LogP contribution in [0.3, 0.4) is 0 Å². The Labute approximate surface area is 133 Å². The summed E-state index contributed by atoms with van der Waals surface area (Å²) < 4.78 is 6.13. The fourth-order valence-corrected chi connectivity index (χ4v) is 2.63. The number of hydrogen-bond donors (Lipinski definition) is 1. The molecule has 0 aliphatic heterocycles. The molecule has 2 aromatic rings. The number of methoxy groups -OCH3 is 1. The van der Waals surface area contributed by atoms with E-state index < -0.39 is 0 Å². The Hall–Kier alpha value is -1.46. The van der Waals surface area contributed by atoms with E-state index >= 15 is 0 Å². The Kier molecular flexibility index (Phi) is 5.31. The molecule has 1 atom stereocenters. The second-order valence-corrected chi connectivity index (χ2v) is 5.90. The van der Waals surface area contributed by atoms with Crippen LogP contribution in [0.5, 0.6) is 5.75 Å². The maximum Gasteiger partial charge on any atom is 0.159 e. The predicted molar refractivity (Wildman–Crippen MR) is 88.4 cm³/mol. The molecule has 1 heterocycles. The van der Waals surface area contributed by atoms with Crippen LogP contribution in [-0.2, 0) is 6.42 Å². The summed E-state index contributed by atoms with van der Waals surface area (Å²) in [6.45, 7) is 4.06. The van der Waals surface area contributed by atoms with Crippen LogP contribution < -0.4 is 10.5 Å². The van der Waals surface area contributed by atoms with Gasteiger partial charge in [0.1, 0.15) is 5.75 Å². The van der Waals surface area contributed by atoms with Crippen molar-refractivity contribution in [2.45, 2.75) is 32.7 Å². The lowest BCUT2D eigenvalue weighted by molar-refractivity contribution is 0.412. The molecule has 0 aliphatic rings. The van der Waals surface area contributed by atoms with E-state index in [0.29, 0.717) is 0 Å². The van der Waals surface area contributed by atoms with Crippen molar-refractivity contribution in [2.75, 3.05) is 7.11 Å². The van der Waals surface area contributed by atoms with Crippen molar-refractivity contribution in [3.05, 3.63) is 40.1 Å². The van der Waals surface area contributed by atoms with Crippen LogP contribution >= 0.6 is 15.9 Å².